The number of ketones is 1. The minimum atomic E-state index is -0.781. The molecule has 0 spiro atoms. The minimum Gasteiger partial charge on any atom is -0.508 e. The third-order valence-electron chi connectivity index (χ3n) is 23.7. The molecule has 10 heterocycles. The van der Waals surface area contributed by atoms with Crippen molar-refractivity contribution in [1.29, 1.82) is 0 Å². The summed E-state index contributed by atoms with van der Waals surface area (Å²) in [6.45, 7) is 9.83. The number of Topliss-reactive ketones (excluding diaryl/α,β-unsaturated/α-hetero) is 1. The van der Waals surface area contributed by atoms with Crippen molar-refractivity contribution >= 4 is 57.4 Å². The van der Waals surface area contributed by atoms with E-state index >= 15 is 0 Å². The number of hydrogen-bond acceptors (Lipinski definition) is 23. The van der Waals surface area contributed by atoms with Gasteiger partial charge in [-0.3, -0.25) is 19.6 Å². The summed E-state index contributed by atoms with van der Waals surface area (Å²) < 4.78 is 22.0. The molecule has 10 aromatic carbocycles. The SMILES string of the molecule is Cc1nocc1Cc1c(Cc2ccccc2)ncn1Cc1cccc(O)c1.NC1=NCC=C1CC1CN(c2ccccc2)CCN1c1cccc(O)c1.NC1=NCC=C1c1c(Cc2ccccc2)ncn1Cc1cccc(O)c1.Nc1cocc1Cc1c(-c2ccccc2)ncn1Cc1cccc(O)c1.O=C1CC(=O)C(C2CN(c3ccccc3)CCN2c2cccc(O)c2)O1. The first-order valence-electron chi connectivity index (χ1n) is 43.6. The molecule has 26 heteroatoms. The summed E-state index contributed by atoms with van der Waals surface area (Å²) in [5, 5.41) is 53.0. The van der Waals surface area contributed by atoms with E-state index < -0.39 is 12.1 Å². The standard InChI is InChI=1S/C22H21N3O2.C21H20N4O.C21H24N4O.C21H19N3O2.C20H20N2O4/c1-16-19(14-27-24-16)12-22-21(11-17-6-3-2-4-7-17)23-15-25(22)13-18-8-5-9-20(26)10-18;22-21-18(9-10-23-21)20-19(12-15-5-2-1-3-6-15)24-14-25(20)13-16-7-4-8-17(26)11-16;22-21-16(9-10-23-21)13-19-15-24(17-5-2-1-3-6-17)11-12-25(19)18-7-4-8-20(26)14-18;22-19-13-26-12-17(19)10-20-21(16-6-2-1-3-7-16)23-14-24(20)11-15-5-4-8-18(25)9-15;23-16-8-4-7-15(11-16)22-10-9-21(14-5-2-1-3-6-14)13-17(22)20-18(24)12-19(25)26-20/h2-10,14-15,26H,11-13H2,1H3;1-9,11,14,26H,10,12-13H2,(H2,22,23);1-9,14,19,26H,10-13,15H2,(H2,22,23);1-9,12-14,25H,10-11,22H2;1-8,11,17,20,23H,9-10,12-13H2. The number of aliphatic imine (C=N–C) groups is 2. The number of aromatic nitrogens is 7. The average Bonchev–Trinajstić information content (AvgIpc) is 1.75. The molecule has 3 unspecified atom stereocenters. The normalized spacial score (nSPS) is 15.7. The van der Waals surface area contributed by atoms with Crippen LogP contribution in [0, 0.1) is 6.92 Å². The lowest BCUT2D eigenvalue weighted by molar-refractivity contribution is -0.143. The van der Waals surface area contributed by atoms with Gasteiger partial charge in [-0.2, -0.15) is 0 Å². The molecule has 131 heavy (non-hydrogen) atoms. The van der Waals surface area contributed by atoms with Crippen LogP contribution in [-0.4, -0.2) is 153 Å². The number of aromatic hydroxyl groups is 5. The van der Waals surface area contributed by atoms with Crippen LogP contribution in [0.4, 0.5) is 28.4 Å². The summed E-state index contributed by atoms with van der Waals surface area (Å²) in [6.07, 6.45) is 17.4. The van der Waals surface area contributed by atoms with E-state index in [9.17, 15) is 35.1 Å². The second-order valence-corrected chi connectivity index (χ2v) is 32.7. The minimum absolute atomic E-state index is 0.166. The molecule has 0 aliphatic carbocycles. The molecule has 664 valence electrons. The lowest BCUT2D eigenvalue weighted by Gasteiger charge is -2.45. The number of piperazine rings is 2. The van der Waals surface area contributed by atoms with Crippen molar-refractivity contribution in [3.8, 4) is 40.0 Å². The zero-order chi connectivity index (χ0) is 90.5. The van der Waals surface area contributed by atoms with Gasteiger partial charge in [-0.05, 0) is 132 Å². The summed E-state index contributed by atoms with van der Waals surface area (Å²) in [5.74, 6) is 1.83. The van der Waals surface area contributed by atoms with Gasteiger partial charge in [-0.1, -0.05) is 193 Å². The molecule has 15 aromatic rings. The quantitative estimate of drug-likeness (QED) is 0.0218. The number of phenols is 5. The molecule has 3 fully saturated rings. The Morgan fingerprint density at radius 2 is 0.908 bits per heavy atom. The number of nitrogens with zero attached hydrogens (tertiary/aromatic N) is 13. The summed E-state index contributed by atoms with van der Waals surface area (Å²) in [5.41, 5.74) is 40.6. The number of esters is 1. The molecule has 5 aromatic heterocycles. The number of anilines is 5. The van der Waals surface area contributed by atoms with Crippen molar-refractivity contribution in [3.63, 3.8) is 0 Å². The monoisotopic (exact) mass is 1750 g/mol. The molecule has 0 saturated carbocycles. The Balaban J connectivity index is 0.000000120. The molecule has 11 N–H and O–H groups in total. The van der Waals surface area contributed by atoms with Gasteiger partial charge in [0.25, 0.3) is 0 Å². The number of imidazole rings is 3. The molecule has 3 saturated heterocycles. The van der Waals surface area contributed by atoms with Crippen LogP contribution in [0.25, 0.3) is 16.8 Å². The summed E-state index contributed by atoms with van der Waals surface area (Å²) >= 11 is 0. The molecule has 5 aliphatic rings. The number of nitrogen functional groups attached to an aromatic ring is 1. The molecule has 20 rings (SSSR count). The third kappa shape index (κ3) is 22.6. The van der Waals surface area contributed by atoms with Gasteiger partial charge in [0.15, 0.2) is 11.9 Å². The van der Waals surface area contributed by atoms with Crippen LogP contribution in [-0.2, 0) is 59.6 Å². The largest absolute Gasteiger partial charge is 0.508 e. The van der Waals surface area contributed by atoms with E-state index in [0.717, 1.165) is 147 Å². The van der Waals surface area contributed by atoms with E-state index in [0.29, 0.717) is 81.8 Å². The number of aryl methyl sites for hydroxylation is 1. The van der Waals surface area contributed by atoms with Gasteiger partial charge in [-0.25, -0.2) is 15.0 Å². The van der Waals surface area contributed by atoms with E-state index in [1.807, 2.05) is 190 Å². The Morgan fingerprint density at radius 1 is 0.435 bits per heavy atom. The van der Waals surface area contributed by atoms with Crippen molar-refractivity contribution in [2.24, 2.45) is 21.5 Å². The third-order valence-corrected chi connectivity index (χ3v) is 23.7. The number of benzene rings is 10. The maximum Gasteiger partial charge on any atom is 0.314 e. The first kappa shape index (κ1) is 88.3. The number of carbonyl (C=O) groups excluding carboxylic acids is 2. The number of cyclic esters (lactones) is 1. The van der Waals surface area contributed by atoms with Crippen LogP contribution in [0.1, 0.15) is 85.9 Å². The van der Waals surface area contributed by atoms with Gasteiger partial charge >= 0.3 is 5.97 Å². The Bertz CT molecular complexity index is 6500. The number of hydrogen-bond donors (Lipinski definition) is 8. The van der Waals surface area contributed by atoms with Crippen molar-refractivity contribution in [1.82, 2.24) is 33.8 Å². The number of amidine groups is 2. The Morgan fingerprint density at radius 3 is 1.43 bits per heavy atom. The molecule has 3 atom stereocenters. The van der Waals surface area contributed by atoms with Gasteiger partial charge < -0.3 is 89.7 Å². The molecule has 0 radical (unpaired) electrons. The van der Waals surface area contributed by atoms with E-state index in [1.165, 1.54) is 16.8 Å². The van der Waals surface area contributed by atoms with Crippen molar-refractivity contribution in [2.75, 3.05) is 77.7 Å². The summed E-state index contributed by atoms with van der Waals surface area (Å²) in [6, 6.07) is 87.5. The summed E-state index contributed by atoms with van der Waals surface area (Å²) in [7, 11) is 0. The van der Waals surface area contributed by atoms with Crippen LogP contribution < -0.4 is 36.8 Å². The fourth-order valence-corrected chi connectivity index (χ4v) is 17.1. The highest BCUT2D eigenvalue weighted by atomic mass is 16.6. The Labute approximate surface area is 759 Å². The fraction of sp³-hybridized carbons (Fsp3) is 0.200. The first-order chi connectivity index (χ1) is 63.9. The second kappa shape index (κ2) is 42.0. The van der Waals surface area contributed by atoms with Gasteiger partial charge in [0.1, 0.15) is 59.4 Å². The van der Waals surface area contributed by atoms with Crippen molar-refractivity contribution in [3.05, 3.63) is 402 Å². The lowest BCUT2D eigenvalue weighted by atomic mass is 10.00. The van der Waals surface area contributed by atoms with E-state index in [4.69, 9.17) is 30.9 Å². The van der Waals surface area contributed by atoms with E-state index in [1.54, 1.807) is 79.5 Å². The van der Waals surface area contributed by atoms with Crippen molar-refractivity contribution in [2.45, 2.75) is 83.3 Å². The Kier molecular flexibility index (Phi) is 28.3. The predicted molar refractivity (Wildman–Crippen MR) is 511 cm³/mol. The molecule has 0 bridgehead atoms. The topological polar surface area (TPSA) is 353 Å². The molecule has 0 amide bonds. The molecular weight excluding hydrogens is 1650 g/mol. The zero-order valence-electron chi connectivity index (χ0n) is 72.7. The maximum atomic E-state index is 12.3. The van der Waals surface area contributed by atoms with E-state index in [2.05, 4.69) is 124 Å². The number of carbonyl (C=O) groups is 2. The average molecular weight is 1750 g/mol. The van der Waals surface area contributed by atoms with E-state index in [-0.39, 0.29) is 47.3 Å². The zero-order valence-corrected chi connectivity index (χ0v) is 72.7. The lowest BCUT2D eigenvalue weighted by Crippen LogP contribution is -2.59. The maximum absolute atomic E-state index is 12.3. The molecule has 5 aliphatic heterocycles. The first-order valence-corrected chi connectivity index (χ1v) is 43.6. The Hall–Kier alpha value is -16.1. The molecular formula is C105H104N16O10. The number of rotatable bonds is 23. The van der Waals surface area contributed by atoms with Gasteiger partial charge in [0.05, 0.1) is 90.3 Å². The summed E-state index contributed by atoms with van der Waals surface area (Å²) in [4.78, 5) is 55.6. The van der Waals surface area contributed by atoms with Crippen LogP contribution in [0.15, 0.2) is 347 Å². The molecule has 26 nitrogen and oxygen atoms in total. The number of phenolic OH excluding ortho intramolecular Hbond substituents is 5. The number of nitrogens with two attached hydrogens (primary N) is 3. The highest BCUT2D eigenvalue weighted by Gasteiger charge is 2.44. The second-order valence-electron chi connectivity index (χ2n) is 32.7. The number of furan rings is 1. The van der Waals surface area contributed by atoms with Crippen LogP contribution in [0.3, 0.4) is 0 Å². The van der Waals surface area contributed by atoms with Gasteiger partial charge in [0, 0.05) is 147 Å². The highest BCUT2D eigenvalue weighted by Crippen LogP contribution is 2.36. The predicted octanol–water partition coefficient (Wildman–Crippen LogP) is 15.9. The number of para-hydroxylation sites is 2. The fourth-order valence-electron chi connectivity index (χ4n) is 17.1. The van der Waals surface area contributed by atoms with Gasteiger partial charge in [0.2, 0.25) is 0 Å². The van der Waals surface area contributed by atoms with Crippen LogP contribution in [0.5, 0.6) is 28.7 Å². The van der Waals surface area contributed by atoms with Crippen molar-refractivity contribution < 1.29 is 48.8 Å². The smallest absolute Gasteiger partial charge is 0.314 e. The van der Waals surface area contributed by atoms with Crippen LogP contribution in [0.2, 0.25) is 0 Å². The van der Waals surface area contributed by atoms with Crippen LogP contribution >= 0.6 is 0 Å². The van der Waals surface area contributed by atoms with Gasteiger partial charge in [-0.15, -0.1) is 0 Å². The number of ether oxygens (including phenoxy) is 1. The highest BCUT2D eigenvalue weighted by molar-refractivity contribution is 6.23.